The highest BCUT2D eigenvalue weighted by Crippen LogP contribution is 2.40. The van der Waals surface area contributed by atoms with E-state index in [1.807, 2.05) is 51.1 Å². The van der Waals surface area contributed by atoms with E-state index in [4.69, 9.17) is 4.42 Å². The Morgan fingerprint density at radius 2 is 2.00 bits per heavy atom. The van der Waals surface area contributed by atoms with Gasteiger partial charge in [0.15, 0.2) is 5.16 Å². The van der Waals surface area contributed by atoms with Crippen LogP contribution in [0.25, 0.3) is 0 Å². The summed E-state index contributed by atoms with van der Waals surface area (Å²) < 4.78 is 7.60. The summed E-state index contributed by atoms with van der Waals surface area (Å²) in [5, 5.41) is 12.3. The number of carbonyl (C=O) groups is 1. The molecule has 2 aromatic heterocycles. The van der Waals surface area contributed by atoms with Gasteiger partial charge < -0.3 is 9.73 Å². The fourth-order valence-corrected chi connectivity index (χ4v) is 4.04. The zero-order valence-electron chi connectivity index (χ0n) is 16.3. The van der Waals surface area contributed by atoms with Gasteiger partial charge in [-0.25, -0.2) is 0 Å². The van der Waals surface area contributed by atoms with E-state index in [0.29, 0.717) is 12.5 Å². The van der Waals surface area contributed by atoms with Crippen LogP contribution in [0, 0.1) is 13.8 Å². The van der Waals surface area contributed by atoms with E-state index in [-0.39, 0.29) is 11.2 Å². The summed E-state index contributed by atoms with van der Waals surface area (Å²) >= 11 is 1.43. The molecule has 1 aliphatic carbocycles. The predicted octanol–water partition coefficient (Wildman–Crippen LogP) is 4.53. The van der Waals surface area contributed by atoms with Crippen molar-refractivity contribution in [1.29, 1.82) is 0 Å². The van der Waals surface area contributed by atoms with Crippen LogP contribution in [0.4, 0.5) is 5.69 Å². The summed E-state index contributed by atoms with van der Waals surface area (Å²) in [4.78, 5) is 12.8. The SMILES string of the molecule is Cc1cccc(C)c1NC(=O)C(C)Sc1nnc(C2CC2)n1Cc1ccco1. The lowest BCUT2D eigenvalue weighted by Crippen LogP contribution is -2.24. The number of carbonyl (C=O) groups excluding carboxylic acids is 1. The van der Waals surface area contributed by atoms with E-state index in [0.717, 1.165) is 46.4 Å². The standard InChI is InChI=1S/C21H24N4O2S/c1-13-6-4-7-14(2)18(13)22-20(26)15(3)28-21-24-23-19(16-9-10-16)25(21)12-17-8-5-11-27-17/h4-8,11,15-16H,9-10,12H2,1-3H3,(H,22,26). The molecule has 1 aromatic carbocycles. The smallest absolute Gasteiger partial charge is 0.237 e. The Labute approximate surface area is 168 Å². The van der Waals surface area contributed by atoms with E-state index in [1.165, 1.54) is 11.8 Å². The molecule has 0 saturated heterocycles. The molecule has 4 rings (SSSR count). The molecule has 6 nitrogen and oxygen atoms in total. The number of amides is 1. The maximum absolute atomic E-state index is 12.8. The molecule has 1 N–H and O–H groups in total. The second-order valence-corrected chi connectivity index (χ2v) is 8.60. The number of hydrogen-bond donors (Lipinski definition) is 1. The highest BCUT2D eigenvalue weighted by atomic mass is 32.2. The number of thioether (sulfide) groups is 1. The predicted molar refractivity (Wildman–Crippen MR) is 110 cm³/mol. The maximum atomic E-state index is 12.8. The summed E-state index contributed by atoms with van der Waals surface area (Å²) in [6.45, 7) is 6.49. The number of aromatic nitrogens is 3. The largest absolute Gasteiger partial charge is 0.467 e. The van der Waals surface area contributed by atoms with Gasteiger partial charge in [-0.2, -0.15) is 0 Å². The molecule has 0 radical (unpaired) electrons. The quantitative estimate of drug-likeness (QED) is 0.594. The van der Waals surface area contributed by atoms with Crippen LogP contribution in [0.15, 0.2) is 46.2 Å². The molecule has 3 aromatic rings. The Hall–Kier alpha value is -2.54. The first-order valence-corrected chi connectivity index (χ1v) is 10.4. The van der Waals surface area contributed by atoms with Gasteiger partial charge >= 0.3 is 0 Å². The van der Waals surface area contributed by atoms with Crippen molar-refractivity contribution in [3.8, 4) is 0 Å². The van der Waals surface area contributed by atoms with Gasteiger partial charge in [-0.3, -0.25) is 9.36 Å². The molecular weight excluding hydrogens is 372 g/mol. The number of rotatable bonds is 7. The van der Waals surface area contributed by atoms with E-state index in [2.05, 4.69) is 20.1 Å². The first-order chi connectivity index (χ1) is 13.5. The second kappa shape index (κ2) is 7.83. The Balaban J connectivity index is 1.51. The fraction of sp³-hybridized carbons (Fsp3) is 0.381. The summed E-state index contributed by atoms with van der Waals surface area (Å²) in [6.07, 6.45) is 3.96. The third-order valence-electron chi connectivity index (χ3n) is 4.96. The van der Waals surface area contributed by atoms with Crippen molar-refractivity contribution in [3.63, 3.8) is 0 Å². The minimum atomic E-state index is -0.300. The second-order valence-electron chi connectivity index (χ2n) is 7.30. The Morgan fingerprint density at radius 1 is 1.25 bits per heavy atom. The lowest BCUT2D eigenvalue weighted by Gasteiger charge is -2.15. The number of benzene rings is 1. The molecule has 146 valence electrons. The number of nitrogens with zero attached hydrogens (tertiary/aromatic N) is 3. The summed E-state index contributed by atoms with van der Waals surface area (Å²) in [6, 6.07) is 9.83. The zero-order chi connectivity index (χ0) is 19.7. The number of para-hydroxylation sites is 1. The van der Waals surface area contributed by atoms with Crippen molar-refractivity contribution in [3.05, 3.63) is 59.3 Å². The third kappa shape index (κ3) is 3.99. The molecule has 1 unspecified atom stereocenters. The minimum Gasteiger partial charge on any atom is -0.467 e. The molecule has 1 amide bonds. The number of furan rings is 1. The fourth-order valence-electron chi connectivity index (χ4n) is 3.19. The Kier molecular flexibility index (Phi) is 5.26. The lowest BCUT2D eigenvalue weighted by atomic mass is 10.1. The summed E-state index contributed by atoms with van der Waals surface area (Å²) in [7, 11) is 0. The number of anilines is 1. The van der Waals surface area contributed by atoms with Crippen LogP contribution in [0.3, 0.4) is 0 Å². The molecule has 1 aliphatic rings. The van der Waals surface area contributed by atoms with Gasteiger partial charge in [-0.1, -0.05) is 30.0 Å². The van der Waals surface area contributed by atoms with Crippen molar-refractivity contribution < 1.29 is 9.21 Å². The van der Waals surface area contributed by atoms with Gasteiger partial charge in [0.05, 0.1) is 18.1 Å². The zero-order valence-corrected chi connectivity index (χ0v) is 17.1. The van der Waals surface area contributed by atoms with E-state index >= 15 is 0 Å². The van der Waals surface area contributed by atoms with Gasteiger partial charge in [0, 0.05) is 11.6 Å². The van der Waals surface area contributed by atoms with Crippen LogP contribution in [0.2, 0.25) is 0 Å². The van der Waals surface area contributed by atoms with Gasteiger partial charge in [-0.15, -0.1) is 10.2 Å². The minimum absolute atomic E-state index is 0.0390. The van der Waals surface area contributed by atoms with Gasteiger partial charge in [-0.05, 0) is 56.9 Å². The molecule has 1 atom stereocenters. The normalized spacial score (nSPS) is 14.8. The molecule has 7 heteroatoms. The van der Waals surface area contributed by atoms with Crippen molar-refractivity contribution in [2.24, 2.45) is 0 Å². The van der Waals surface area contributed by atoms with Crippen LogP contribution >= 0.6 is 11.8 Å². The number of hydrogen-bond acceptors (Lipinski definition) is 5. The average molecular weight is 397 g/mol. The number of nitrogens with one attached hydrogen (secondary N) is 1. The Bertz CT molecular complexity index is 956. The Morgan fingerprint density at radius 3 is 2.64 bits per heavy atom. The van der Waals surface area contributed by atoms with Crippen LogP contribution in [0.5, 0.6) is 0 Å². The molecule has 0 bridgehead atoms. The maximum Gasteiger partial charge on any atom is 0.237 e. The molecule has 1 saturated carbocycles. The number of aryl methyl sites for hydroxylation is 2. The van der Waals surface area contributed by atoms with Crippen molar-refractivity contribution in [2.45, 2.75) is 56.5 Å². The van der Waals surface area contributed by atoms with Gasteiger partial charge in [0.25, 0.3) is 0 Å². The molecule has 28 heavy (non-hydrogen) atoms. The average Bonchev–Trinajstić information content (AvgIpc) is 3.24. The summed E-state index contributed by atoms with van der Waals surface area (Å²) in [5.74, 6) is 2.27. The highest BCUT2D eigenvalue weighted by Gasteiger charge is 2.31. The van der Waals surface area contributed by atoms with Crippen molar-refractivity contribution in [2.75, 3.05) is 5.32 Å². The molecular formula is C21H24N4O2S. The molecule has 1 fully saturated rings. The van der Waals surface area contributed by atoms with Crippen LogP contribution in [-0.4, -0.2) is 25.9 Å². The van der Waals surface area contributed by atoms with Crippen LogP contribution < -0.4 is 5.32 Å². The monoisotopic (exact) mass is 396 g/mol. The molecule has 2 heterocycles. The molecule has 0 spiro atoms. The first-order valence-electron chi connectivity index (χ1n) is 9.52. The van der Waals surface area contributed by atoms with E-state index < -0.39 is 0 Å². The van der Waals surface area contributed by atoms with Crippen LogP contribution in [0.1, 0.15) is 48.4 Å². The van der Waals surface area contributed by atoms with E-state index in [1.54, 1.807) is 6.26 Å². The highest BCUT2D eigenvalue weighted by molar-refractivity contribution is 8.00. The van der Waals surface area contributed by atoms with Crippen molar-refractivity contribution >= 4 is 23.4 Å². The molecule has 0 aliphatic heterocycles. The van der Waals surface area contributed by atoms with Crippen LogP contribution in [-0.2, 0) is 11.3 Å². The van der Waals surface area contributed by atoms with Gasteiger partial charge in [0.1, 0.15) is 11.6 Å². The summed E-state index contributed by atoms with van der Waals surface area (Å²) in [5.41, 5.74) is 3.00. The van der Waals surface area contributed by atoms with Gasteiger partial charge in [0.2, 0.25) is 5.91 Å². The topological polar surface area (TPSA) is 73.0 Å². The van der Waals surface area contributed by atoms with E-state index in [9.17, 15) is 4.79 Å². The third-order valence-corrected chi connectivity index (χ3v) is 6.04. The van der Waals surface area contributed by atoms with Crippen molar-refractivity contribution in [1.82, 2.24) is 14.8 Å². The lowest BCUT2D eigenvalue weighted by molar-refractivity contribution is -0.115. The first kappa shape index (κ1) is 18.8.